The van der Waals surface area contributed by atoms with Gasteiger partial charge >= 0.3 is 0 Å². The Hall–Kier alpha value is -2.83. The molecule has 0 spiro atoms. The third-order valence-electron chi connectivity index (χ3n) is 4.40. The number of aromatic hydroxyl groups is 2. The van der Waals surface area contributed by atoms with Crippen molar-refractivity contribution in [1.29, 1.82) is 0 Å². The van der Waals surface area contributed by atoms with Crippen molar-refractivity contribution in [1.82, 2.24) is 4.57 Å². The molecule has 0 fully saturated rings. The van der Waals surface area contributed by atoms with Crippen LogP contribution in [-0.4, -0.2) is 26.5 Å². The molecule has 3 N–H and O–H groups in total. The second kappa shape index (κ2) is 7.82. The van der Waals surface area contributed by atoms with E-state index >= 15 is 0 Å². The molecule has 0 saturated carbocycles. The first-order chi connectivity index (χ1) is 13.0. The second-order valence-corrected chi connectivity index (χ2v) is 6.59. The molecule has 0 radical (unpaired) electrons. The van der Waals surface area contributed by atoms with Gasteiger partial charge in [-0.2, -0.15) is 0 Å². The molecule has 2 aromatic carbocycles. The number of aliphatic hydroxyl groups is 1. The van der Waals surface area contributed by atoms with Gasteiger partial charge in [0.15, 0.2) is 0 Å². The number of hydrogen-bond acceptors (Lipinski definition) is 5. The first kappa shape index (κ1) is 18.9. The molecule has 27 heavy (non-hydrogen) atoms. The Morgan fingerprint density at radius 3 is 2.63 bits per heavy atom. The zero-order chi connectivity index (χ0) is 19.6. The molecule has 1 aromatic heterocycles. The van der Waals surface area contributed by atoms with E-state index in [9.17, 15) is 15.3 Å². The van der Waals surface area contributed by atoms with Gasteiger partial charge in [0, 0.05) is 29.8 Å². The smallest absolute Gasteiger partial charge is 0.128 e. The molecule has 5 nitrogen and oxygen atoms in total. The third kappa shape index (κ3) is 3.54. The molecule has 3 rings (SSSR count). The Morgan fingerprint density at radius 1 is 1.22 bits per heavy atom. The number of phenolic OH excluding ortho intramolecular Hbond substituents is 2. The number of aromatic nitrogens is 1. The summed E-state index contributed by atoms with van der Waals surface area (Å²) in [5.74, 6) is -0.0427. The summed E-state index contributed by atoms with van der Waals surface area (Å²) in [6.07, 6.45) is 3.79. The van der Waals surface area contributed by atoms with Crippen LogP contribution in [0.3, 0.4) is 0 Å². The van der Waals surface area contributed by atoms with Gasteiger partial charge < -0.3 is 24.8 Å². The lowest BCUT2D eigenvalue weighted by atomic mass is 10.1. The zero-order valence-corrected chi connectivity index (χ0v) is 15.9. The van der Waals surface area contributed by atoms with Crippen LogP contribution in [0.4, 0.5) is 5.69 Å². The molecule has 3 aromatic rings. The molecule has 0 amide bonds. The number of allylic oxidation sites excluding steroid dienone is 1. The molecule has 0 saturated heterocycles. The first-order valence-electron chi connectivity index (χ1n) is 8.53. The van der Waals surface area contributed by atoms with Crippen LogP contribution in [-0.2, 0) is 6.54 Å². The van der Waals surface area contributed by atoms with Crippen LogP contribution in [0.5, 0.6) is 11.5 Å². The predicted octanol–water partition coefficient (Wildman–Crippen LogP) is 4.31. The van der Waals surface area contributed by atoms with Crippen molar-refractivity contribution in [3.05, 3.63) is 71.9 Å². The van der Waals surface area contributed by atoms with Gasteiger partial charge in [0.2, 0.25) is 0 Å². The number of benzene rings is 2. The number of hydrogen-bond donors (Lipinski definition) is 4. The Kier molecular flexibility index (Phi) is 5.48. The highest BCUT2D eigenvalue weighted by Crippen LogP contribution is 2.39. The highest BCUT2D eigenvalue weighted by atomic mass is 32.1. The van der Waals surface area contributed by atoms with Crippen molar-refractivity contribution in [3.63, 3.8) is 0 Å². The van der Waals surface area contributed by atoms with Gasteiger partial charge in [-0.15, -0.1) is 12.6 Å². The maximum Gasteiger partial charge on any atom is 0.128 e. The quantitative estimate of drug-likeness (QED) is 0.480. The SMILES string of the molecule is C=C(S)N(/C(=C\C)c1ccc(O)cc1O)c1cccc2c1ccn2CCO. The van der Waals surface area contributed by atoms with E-state index in [1.54, 1.807) is 6.07 Å². The van der Waals surface area contributed by atoms with Crippen molar-refractivity contribution in [2.75, 3.05) is 11.5 Å². The minimum absolute atomic E-state index is 0.00821. The van der Waals surface area contributed by atoms with Gasteiger partial charge in [-0.3, -0.25) is 0 Å². The van der Waals surface area contributed by atoms with Crippen LogP contribution in [0.25, 0.3) is 16.6 Å². The zero-order valence-electron chi connectivity index (χ0n) is 15.0. The fraction of sp³-hybridized carbons (Fsp3) is 0.143. The average Bonchev–Trinajstić information content (AvgIpc) is 3.04. The van der Waals surface area contributed by atoms with E-state index in [-0.39, 0.29) is 18.1 Å². The van der Waals surface area contributed by atoms with E-state index in [2.05, 4.69) is 19.2 Å². The maximum absolute atomic E-state index is 10.3. The van der Waals surface area contributed by atoms with E-state index in [1.807, 2.05) is 52.9 Å². The maximum atomic E-state index is 10.3. The van der Waals surface area contributed by atoms with Gasteiger partial charge in [-0.1, -0.05) is 18.7 Å². The lowest BCUT2D eigenvalue weighted by molar-refractivity contribution is 0.278. The van der Waals surface area contributed by atoms with Crippen molar-refractivity contribution < 1.29 is 15.3 Å². The minimum Gasteiger partial charge on any atom is -0.508 e. The third-order valence-corrected chi connectivity index (χ3v) is 4.60. The number of aliphatic hydroxyl groups excluding tert-OH is 1. The first-order valence-corrected chi connectivity index (χ1v) is 8.98. The molecule has 140 valence electrons. The molecule has 1 heterocycles. The van der Waals surface area contributed by atoms with Gasteiger partial charge in [-0.25, -0.2) is 0 Å². The predicted molar refractivity (Wildman–Crippen MR) is 113 cm³/mol. The van der Waals surface area contributed by atoms with Crippen molar-refractivity contribution >= 4 is 34.9 Å². The van der Waals surface area contributed by atoms with Crippen LogP contribution in [0.2, 0.25) is 0 Å². The van der Waals surface area contributed by atoms with Crippen molar-refractivity contribution in [2.45, 2.75) is 13.5 Å². The minimum atomic E-state index is -0.0345. The van der Waals surface area contributed by atoms with Crippen LogP contribution >= 0.6 is 12.6 Å². The monoisotopic (exact) mass is 382 g/mol. The van der Waals surface area contributed by atoms with Crippen LogP contribution in [0, 0.1) is 0 Å². The molecule has 0 unspecified atom stereocenters. The fourth-order valence-electron chi connectivity index (χ4n) is 3.25. The molecule has 6 heteroatoms. The lowest BCUT2D eigenvalue weighted by Gasteiger charge is -2.28. The van der Waals surface area contributed by atoms with Gasteiger partial charge in [-0.05, 0) is 37.3 Å². The Labute approximate surface area is 163 Å². The van der Waals surface area contributed by atoms with Gasteiger partial charge in [0.25, 0.3) is 0 Å². The van der Waals surface area contributed by atoms with Gasteiger partial charge in [0.1, 0.15) is 11.5 Å². The van der Waals surface area contributed by atoms with E-state index in [4.69, 9.17) is 0 Å². The molecule has 0 aliphatic rings. The summed E-state index contributed by atoms with van der Waals surface area (Å²) >= 11 is 4.49. The number of rotatable bonds is 6. The lowest BCUT2D eigenvalue weighted by Crippen LogP contribution is -2.18. The highest BCUT2D eigenvalue weighted by molar-refractivity contribution is 7.84. The molecule has 0 bridgehead atoms. The van der Waals surface area contributed by atoms with Crippen LogP contribution in [0.1, 0.15) is 12.5 Å². The van der Waals surface area contributed by atoms with E-state index in [1.165, 1.54) is 12.1 Å². The van der Waals surface area contributed by atoms with Crippen molar-refractivity contribution in [3.8, 4) is 11.5 Å². The molecule has 0 aliphatic carbocycles. The highest BCUT2D eigenvalue weighted by Gasteiger charge is 2.20. The Morgan fingerprint density at radius 2 is 2.00 bits per heavy atom. The Balaban J connectivity index is 2.19. The summed E-state index contributed by atoms with van der Waals surface area (Å²) in [5, 5.41) is 30.7. The van der Waals surface area contributed by atoms with Gasteiger partial charge in [0.05, 0.1) is 28.5 Å². The standard InChI is InChI=1S/C21H22N2O3S/c1-3-18(17-8-7-15(25)13-21(17)26)23(14(2)27)20-6-4-5-19-16(20)9-10-22(19)11-12-24/h3-10,13,24-27H,2,11-12H2,1H3/b18-3-. The number of phenols is 2. The molecule has 0 atom stereocenters. The topological polar surface area (TPSA) is 68.9 Å². The summed E-state index contributed by atoms with van der Waals surface area (Å²) in [7, 11) is 0. The second-order valence-electron chi connectivity index (χ2n) is 6.07. The number of nitrogens with zero attached hydrogens (tertiary/aromatic N) is 2. The summed E-state index contributed by atoms with van der Waals surface area (Å²) in [6, 6.07) is 12.3. The normalized spacial score (nSPS) is 11.7. The van der Waals surface area contributed by atoms with Crippen molar-refractivity contribution in [2.24, 2.45) is 0 Å². The molecule has 0 aliphatic heterocycles. The summed E-state index contributed by atoms with van der Waals surface area (Å²) in [4.78, 5) is 1.85. The molecular weight excluding hydrogens is 360 g/mol. The van der Waals surface area contributed by atoms with E-state index < -0.39 is 0 Å². The summed E-state index contributed by atoms with van der Waals surface area (Å²) in [6.45, 7) is 6.42. The Bertz CT molecular complexity index is 1020. The van der Waals surface area contributed by atoms with Crippen LogP contribution < -0.4 is 4.90 Å². The summed E-state index contributed by atoms with van der Waals surface area (Å²) in [5.41, 5.74) is 3.07. The fourth-order valence-corrected chi connectivity index (χ4v) is 3.47. The number of thiol groups is 1. The van der Waals surface area contributed by atoms with Crippen LogP contribution in [0.15, 0.2) is 66.3 Å². The van der Waals surface area contributed by atoms with E-state index in [0.29, 0.717) is 22.8 Å². The molecular formula is C21H22N2O3S. The number of fused-ring (bicyclic) bond motifs is 1. The number of anilines is 1. The average molecular weight is 382 g/mol. The summed E-state index contributed by atoms with van der Waals surface area (Å²) < 4.78 is 1.98. The van der Waals surface area contributed by atoms with E-state index in [0.717, 1.165) is 16.6 Å². The largest absolute Gasteiger partial charge is 0.508 e.